The van der Waals surface area contributed by atoms with Crippen LogP contribution in [-0.2, 0) is 0 Å². The molecule has 0 radical (unpaired) electrons. The van der Waals surface area contributed by atoms with Gasteiger partial charge in [-0.15, -0.1) is 0 Å². The van der Waals surface area contributed by atoms with Crippen LogP contribution in [0, 0.1) is 0 Å². The van der Waals surface area contributed by atoms with Crippen molar-refractivity contribution >= 4 is 5.84 Å². The molecular formula is C8H14F3N3. The molecule has 0 amide bonds. The molecular weight excluding hydrogens is 195 g/mol. The van der Waals surface area contributed by atoms with Gasteiger partial charge in [-0.05, 0) is 13.8 Å². The van der Waals surface area contributed by atoms with Crippen molar-refractivity contribution in [2.45, 2.75) is 38.5 Å². The van der Waals surface area contributed by atoms with E-state index in [1.165, 1.54) is 7.05 Å². The Labute approximate surface area is 81.0 Å². The molecule has 0 bridgehead atoms. The average molecular weight is 209 g/mol. The van der Waals surface area contributed by atoms with E-state index < -0.39 is 12.2 Å². The van der Waals surface area contributed by atoms with Gasteiger partial charge >= 0.3 is 6.18 Å². The Kier molecular flexibility index (Phi) is 3.04. The molecule has 82 valence electrons. The van der Waals surface area contributed by atoms with Crippen molar-refractivity contribution in [3.63, 3.8) is 0 Å². The molecule has 14 heavy (non-hydrogen) atoms. The SMILES string of the molecule is CC(C)N=C1CC(C(F)(F)F)N(C)N1. The minimum atomic E-state index is -4.20. The summed E-state index contributed by atoms with van der Waals surface area (Å²) in [6.07, 6.45) is -4.28. The second kappa shape index (κ2) is 3.76. The lowest BCUT2D eigenvalue weighted by Crippen LogP contribution is -2.42. The zero-order valence-corrected chi connectivity index (χ0v) is 8.39. The van der Waals surface area contributed by atoms with Crippen molar-refractivity contribution < 1.29 is 13.2 Å². The number of nitrogens with one attached hydrogen (secondary N) is 1. The van der Waals surface area contributed by atoms with Crippen LogP contribution >= 0.6 is 0 Å². The first kappa shape index (κ1) is 11.3. The second-order valence-electron chi connectivity index (χ2n) is 3.65. The highest BCUT2D eigenvalue weighted by Crippen LogP contribution is 2.28. The summed E-state index contributed by atoms with van der Waals surface area (Å²) in [5, 5.41) is 1.06. The molecule has 1 N–H and O–H groups in total. The Morgan fingerprint density at radius 1 is 1.50 bits per heavy atom. The van der Waals surface area contributed by atoms with Crippen LogP contribution in [0.2, 0.25) is 0 Å². The lowest BCUT2D eigenvalue weighted by molar-refractivity contribution is -0.176. The van der Waals surface area contributed by atoms with Crippen LogP contribution < -0.4 is 5.43 Å². The van der Waals surface area contributed by atoms with Gasteiger partial charge in [-0.2, -0.15) is 13.2 Å². The Bertz CT molecular complexity index is 234. The molecule has 0 aromatic heterocycles. The minimum absolute atomic E-state index is 0.0119. The molecule has 3 nitrogen and oxygen atoms in total. The van der Waals surface area contributed by atoms with E-state index in [4.69, 9.17) is 0 Å². The molecule has 0 spiro atoms. The van der Waals surface area contributed by atoms with Crippen molar-refractivity contribution in [2.75, 3.05) is 7.05 Å². The van der Waals surface area contributed by atoms with Gasteiger partial charge in [0.1, 0.15) is 11.9 Å². The zero-order chi connectivity index (χ0) is 10.9. The smallest absolute Gasteiger partial charge is 0.307 e. The van der Waals surface area contributed by atoms with Gasteiger partial charge in [-0.25, -0.2) is 5.01 Å². The summed E-state index contributed by atoms with van der Waals surface area (Å²) >= 11 is 0. The van der Waals surface area contributed by atoms with Gasteiger partial charge in [0.2, 0.25) is 0 Å². The predicted octanol–water partition coefficient (Wildman–Crippen LogP) is 1.56. The maximum Gasteiger partial charge on any atom is 0.406 e. The van der Waals surface area contributed by atoms with Crippen molar-refractivity contribution in [3.8, 4) is 0 Å². The number of amidine groups is 1. The summed E-state index contributed by atoms with van der Waals surface area (Å²) in [6, 6.07) is -1.45. The van der Waals surface area contributed by atoms with Gasteiger partial charge < -0.3 is 5.43 Å². The third-order valence-corrected chi connectivity index (χ3v) is 1.95. The molecule has 6 heteroatoms. The minimum Gasteiger partial charge on any atom is -0.307 e. The largest absolute Gasteiger partial charge is 0.406 e. The van der Waals surface area contributed by atoms with E-state index in [1.54, 1.807) is 0 Å². The highest BCUT2D eigenvalue weighted by atomic mass is 19.4. The van der Waals surface area contributed by atoms with Crippen molar-refractivity contribution in [1.29, 1.82) is 0 Å². The standard InChI is InChI=1S/C8H14F3N3/c1-5(2)12-7-4-6(8(9,10)11)14(3)13-7/h5-6H,4H2,1-3H3,(H,12,13). The number of hydrogen-bond acceptors (Lipinski definition) is 2. The topological polar surface area (TPSA) is 27.6 Å². The number of nitrogens with zero attached hydrogens (tertiary/aromatic N) is 2. The molecule has 0 aromatic rings. The average Bonchev–Trinajstić information content (AvgIpc) is 2.27. The van der Waals surface area contributed by atoms with Gasteiger partial charge in [-0.3, -0.25) is 4.99 Å². The summed E-state index contributed by atoms with van der Waals surface area (Å²) < 4.78 is 37.2. The number of rotatable bonds is 1. The number of hydrazine groups is 1. The fourth-order valence-electron chi connectivity index (χ4n) is 1.38. The predicted molar refractivity (Wildman–Crippen MR) is 47.9 cm³/mol. The molecule has 0 aliphatic carbocycles. The van der Waals surface area contributed by atoms with E-state index >= 15 is 0 Å². The quantitative estimate of drug-likeness (QED) is 0.709. The van der Waals surface area contributed by atoms with E-state index in [0.29, 0.717) is 5.84 Å². The maximum atomic E-state index is 12.4. The monoisotopic (exact) mass is 209 g/mol. The molecule has 1 unspecified atom stereocenters. The van der Waals surface area contributed by atoms with Gasteiger partial charge in [-0.1, -0.05) is 0 Å². The molecule has 1 atom stereocenters. The Hall–Kier alpha value is -0.780. The number of halogens is 3. The maximum absolute atomic E-state index is 12.4. The lowest BCUT2D eigenvalue weighted by Gasteiger charge is -2.20. The van der Waals surface area contributed by atoms with Gasteiger partial charge in [0.15, 0.2) is 0 Å². The highest BCUT2D eigenvalue weighted by molar-refractivity contribution is 5.84. The Balaban J connectivity index is 2.70. The van der Waals surface area contributed by atoms with Crippen LogP contribution in [0.5, 0.6) is 0 Å². The molecule has 1 saturated heterocycles. The van der Waals surface area contributed by atoms with Crippen LogP contribution in [0.15, 0.2) is 4.99 Å². The second-order valence-corrected chi connectivity index (χ2v) is 3.65. The molecule has 1 aliphatic rings. The normalized spacial score (nSPS) is 27.4. The Morgan fingerprint density at radius 3 is 2.43 bits per heavy atom. The fraction of sp³-hybridized carbons (Fsp3) is 0.875. The van der Waals surface area contributed by atoms with Crippen LogP contribution in [-0.4, -0.2) is 36.2 Å². The summed E-state index contributed by atoms with van der Waals surface area (Å²) in [7, 11) is 1.38. The number of hydrogen-bond donors (Lipinski definition) is 1. The van der Waals surface area contributed by atoms with E-state index in [0.717, 1.165) is 5.01 Å². The fourth-order valence-corrected chi connectivity index (χ4v) is 1.38. The van der Waals surface area contributed by atoms with Crippen molar-refractivity contribution in [3.05, 3.63) is 0 Å². The van der Waals surface area contributed by atoms with E-state index in [-0.39, 0.29) is 12.5 Å². The number of alkyl halides is 3. The van der Waals surface area contributed by atoms with Crippen LogP contribution in [0.3, 0.4) is 0 Å². The lowest BCUT2D eigenvalue weighted by atomic mass is 10.2. The molecule has 1 fully saturated rings. The molecule has 1 aliphatic heterocycles. The first-order valence-corrected chi connectivity index (χ1v) is 4.43. The van der Waals surface area contributed by atoms with Crippen LogP contribution in [0.25, 0.3) is 0 Å². The van der Waals surface area contributed by atoms with E-state index in [2.05, 4.69) is 10.4 Å². The first-order valence-electron chi connectivity index (χ1n) is 4.43. The summed E-state index contributed by atoms with van der Waals surface area (Å²) in [5.74, 6) is 0.407. The van der Waals surface area contributed by atoms with Crippen molar-refractivity contribution in [1.82, 2.24) is 10.4 Å². The molecule has 0 saturated carbocycles. The van der Waals surface area contributed by atoms with E-state index in [9.17, 15) is 13.2 Å². The van der Waals surface area contributed by atoms with Gasteiger partial charge in [0.05, 0.1) is 0 Å². The summed E-state index contributed by atoms with van der Waals surface area (Å²) in [5.41, 5.74) is 2.61. The van der Waals surface area contributed by atoms with E-state index in [1.807, 2.05) is 13.8 Å². The molecule has 1 heterocycles. The van der Waals surface area contributed by atoms with Crippen LogP contribution in [0.4, 0.5) is 13.2 Å². The van der Waals surface area contributed by atoms with Gasteiger partial charge in [0, 0.05) is 19.5 Å². The highest BCUT2D eigenvalue weighted by Gasteiger charge is 2.46. The third-order valence-electron chi connectivity index (χ3n) is 1.95. The number of aliphatic imine (C=N–C) groups is 1. The zero-order valence-electron chi connectivity index (χ0n) is 8.39. The first-order chi connectivity index (χ1) is 6.30. The van der Waals surface area contributed by atoms with Crippen LogP contribution in [0.1, 0.15) is 20.3 Å². The summed E-state index contributed by atoms with van der Waals surface area (Å²) in [6.45, 7) is 3.66. The molecule has 0 aromatic carbocycles. The van der Waals surface area contributed by atoms with Gasteiger partial charge in [0.25, 0.3) is 0 Å². The Morgan fingerprint density at radius 2 is 2.07 bits per heavy atom. The summed E-state index contributed by atoms with van der Waals surface area (Å²) in [4.78, 5) is 4.05. The molecule has 1 rings (SSSR count). The third kappa shape index (κ3) is 2.60. The van der Waals surface area contributed by atoms with Crippen molar-refractivity contribution in [2.24, 2.45) is 4.99 Å².